The third kappa shape index (κ3) is 3.80. The van der Waals surface area contributed by atoms with Gasteiger partial charge in [0.15, 0.2) is 0 Å². The predicted octanol–water partition coefficient (Wildman–Crippen LogP) is 4.55. The van der Waals surface area contributed by atoms with E-state index in [1.165, 1.54) is 12.1 Å². The first-order valence-corrected chi connectivity index (χ1v) is 13.0. The first-order valence-electron chi connectivity index (χ1n) is 11.6. The lowest BCUT2D eigenvalue weighted by Gasteiger charge is -2.40. The minimum Gasteiger partial charge on any atom is -0.258 e. The maximum atomic E-state index is 13.8. The standard InChI is InChI=1S/C24H27N5O4S/c1-16-8-11-19(12-9-16)34(32,33)27-15-23-24(20-13-10-18(29(30)31)14-17(20)2)25-26-28(23)22-7-5-3-4-6-21(22)27/h8-14,21-22H,3-7,15H2,1-2H3/t21-,22-/m0/s1. The van der Waals surface area contributed by atoms with Crippen molar-refractivity contribution in [3.05, 3.63) is 69.4 Å². The van der Waals surface area contributed by atoms with Crippen LogP contribution in [0.3, 0.4) is 0 Å². The van der Waals surface area contributed by atoms with Gasteiger partial charge in [-0.3, -0.25) is 10.1 Å². The molecule has 0 N–H and O–H groups in total. The molecule has 1 aliphatic heterocycles. The molecule has 1 saturated carbocycles. The van der Waals surface area contributed by atoms with E-state index in [2.05, 4.69) is 10.3 Å². The van der Waals surface area contributed by atoms with Crippen molar-refractivity contribution in [1.29, 1.82) is 0 Å². The molecule has 5 rings (SSSR count). The quantitative estimate of drug-likeness (QED) is 0.399. The molecule has 0 radical (unpaired) electrons. The van der Waals surface area contributed by atoms with Gasteiger partial charge in [0.05, 0.1) is 28.1 Å². The third-order valence-corrected chi connectivity index (χ3v) is 8.91. The van der Waals surface area contributed by atoms with Gasteiger partial charge in [0.1, 0.15) is 5.69 Å². The minimum absolute atomic E-state index is 0.00898. The Hall–Kier alpha value is -3.11. The second kappa shape index (κ2) is 8.59. The molecule has 2 aromatic carbocycles. The molecule has 9 nitrogen and oxygen atoms in total. The second-order valence-corrected chi connectivity index (χ2v) is 11.1. The molecule has 2 atom stereocenters. The van der Waals surface area contributed by atoms with E-state index in [1.54, 1.807) is 29.4 Å². The fourth-order valence-corrected chi connectivity index (χ4v) is 6.87. The summed E-state index contributed by atoms with van der Waals surface area (Å²) in [6.07, 6.45) is 4.65. The van der Waals surface area contributed by atoms with E-state index in [0.29, 0.717) is 11.3 Å². The van der Waals surface area contributed by atoms with Gasteiger partial charge in [-0.1, -0.05) is 42.2 Å². The van der Waals surface area contributed by atoms with E-state index in [9.17, 15) is 18.5 Å². The number of hydrogen-bond acceptors (Lipinski definition) is 6. The number of non-ortho nitro benzene ring substituents is 1. The number of aromatic nitrogens is 3. The summed E-state index contributed by atoms with van der Waals surface area (Å²) in [4.78, 5) is 11.0. The van der Waals surface area contributed by atoms with Gasteiger partial charge >= 0.3 is 0 Å². The highest BCUT2D eigenvalue weighted by Gasteiger charge is 2.44. The fourth-order valence-electron chi connectivity index (χ4n) is 5.23. The van der Waals surface area contributed by atoms with E-state index in [1.807, 2.05) is 23.7 Å². The maximum absolute atomic E-state index is 13.8. The van der Waals surface area contributed by atoms with Crippen LogP contribution in [0.1, 0.15) is 55.0 Å². The highest BCUT2D eigenvalue weighted by molar-refractivity contribution is 7.89. The van der Waals surface area contributed by atoms with Crippen molar-refractivity contribution in [1.82, 2.24) is 19.3 Å². The molecular weight excluding hydrogens is 454 g/mol. The molecule has 1 aliphatic carbocycles. The van der Waals surface area contributed by atoms with Crippen molar-refractivity contribution >= 4 is 15.7 Å². The topological polar surface area (TPSA) is 111 Å². The van der Waals surface area contributed by atoms with Crippen molar-refractivity contribution in [2.75, 3.05) is 0 Å². The number of aryl methyl sites for hydroxylation is 2. The summed E-state index contributed by atoms with van der Waals surface area (Å²) in [6.45, 7) is 3.89. The molecule has 0 bridgehead atoms. The summed E-state index contributed by atoms with van der Waals surface area (Å²) in [6, 6.07) is 11.3. The zero-order chi connectivity index (χ0) is 24.0. The summed E-state index contributed by atoms with van der Waals surface area (Å²) in [7, 11) is -3.74. The maximum Gasteiger partial charge on any atom is 0.269 e. The van der Waals surface area contributed by atoms with E-state index >= 15 is 0 Å². The van der Waals surface area contributed by atoms with Gasteiger partial charge in [0.2, 0.25) is 10.0 Å². The minimum atomic E-state index is -3.74. The Balaban J connectivity index is 1.62. The summed E-state index contributed by atoms with van der Waals surface area (Å²) < 4.78 is 31.2. The lowest BCUT2D eigenvalue weighted by Crippen LogP contribution is -2.49. The van der Waals surface area contributed by atoms with E-state index < -0.39 is 14.9 Å². The first-order chi connectivity index (χ1) is 16.3. The van der Waals surface area contributed by atoms with Gasteiger partial charge in [0, 0.05) is 23.7 Å². The molecule has 0 unspecified atom stereocenters. The third-order valence-electron chi connectivity index (χ3n) is 7.03. The monoisotopic (exact) mass is 481 g/mol. The smallest absolute Gasteiger partial charge is 0.258 e. The average molecular weight is 482 g/mol. The van der Waals surface area contributed by atoms with Crippen LogP contribution < -0.4 is 0 Å². The molecule has 1 aromatic heterocycles. The number of hydrogen-bond donors (Lipinski definition) is 0. The predicted molar refractivity (Wildman–Crippen MR) is 127 cm³/mol. The molecule has 1 fully saturated rings. The van der Waals surface area contributed by atoms with Crippen molar-refractivity contribution in [2.45, 2.75) is 69.5 Å². The number of rotatable bonds is 4. The Bertz CT molecular complexity index is 1350. The number of nitro groups is 1. The molecule has 0 saturated heterocycles. The van der Waals surface area contributed by atoms with Crippen LogP contribution in [0.5, 0.6) is 0 Å². The van der Waals surface area contributed by atoms with Crippen molar-refractivity contribution in [2.24, 2.45) is 0 Å². The Kier molecular flexibility index (Phi) is 5.73. The molecule has 2 heterocycles. The van der Waals surface area contributed by atoms with Gasteiger partial charge < -0.3 is 0 Å². The highest BCUT2D eigenvalue weighted by Crippen LogP contribution is 2.41. The summed E-state index contributed by atoms with van der Waals surface area (Å²) in [5.74, 6) is 0. The number of nitro benzene ring substituents is 1. The van der Waals surface area contributed by atoms with Crippen LogP contribution in [0.15, 0.2) is 47.4 Å². The summed E-state index contributed by atoms with van der Waals surface area (Å²) in [5, 5.41) is 20.1. The van der Waals surface area contributed by atoms with Crippen LogP contribution in [-0.2, 0) is 16.6 Å². The van der Waals surface area contributed by atoms with Crippen LogP contribution in [0.2, 0.25) is 0 Å². The number of nitrogens with zero attached hydrogens (tertiary/aromatic N) is 5. The molecule has 0 spiro atoms. The Labute approximate surface area is 198 Å². The van der Waals surface area contributed by atoms with Crippen molar-refractivity contribution in [3.63, 3.8) is 0 Å². The van der Waals surface area contributed by atoms with Gasteiger partial charge in [-0.2, -0.15) is 4.31 Å². The number of fused-ring (bicyclic) bond motifs is 3. The van der Waals surface area contributed by atoms with Gasteiger partial charge in [-0.05, 0) is 50.5 Å². The van der Waals surface area contributed by atoms with Crippen LogP contribution >= 0.6 is 0 Å². The van der Waals surface area contributed by atoms with Crippen molar-refractivity contribution in [3.8, 4) is 11.3 Å². The van der Waals surface area contributed by atoms with Crippen LogP contribution in [0.4, 0.5) is 5.69 Å². The Morgan fingerprint density at radius 1 is 1.00 bits per heavy atom. The molecule has 10 heteroatoms. The summed E-state index contributed by atoms with van der Waals surface area (Å²) >= 11 is 0. The normalized spacial score (nSPS) is 20.9. The molecule has 3 aromatic rings. The van der Waals surface area contributed by atoms with E-state index in [0.717, 1.165) is 48.9 Å². The zero-order valence-corrected chi connectivity index (χ0v) is 20.0. The molecule has 0 amide bonds. The van der Waals surface area contributed by atoms with Gasteiger partial charge in [0.25, 0.3) is 5.69 Å². The number of benzene rings is 2. The van der Waals surface area contributed by atoms with Crippen molar-refractivity contribution < 1.29 is 13.3 Å². The Morgan fingerprint density at radius 2 is 1.71 bits per heavy atom. The molecular formula is C24H27N5O4S. The van der Waals surface area contributed by atoms with Crippen LogP contribution in [-0.4, -0.2) is 38.7 Å². The molecule has 178 valence electrons. The zero-order valence-electron chi connectivity index (χ0n) is 19.2. The molecule has 2 aliphatic rings. The highest BCUT2D eigenvalue weighted by atomic mass is 32.2. The fraction of sp³-hybridized carbons (Fsp3) is 0.417. The SMILES string of the molecule is Cc1ccc(S(=O)(=O)N2Cc3c(-c4ccc([N+](=O)[O-])cc4C)nnn3[C@H]3CCCCC[C@@H]32)cc1. The van der Waals surface area contributed by atoms with E-state index in [4.69, 9.17) is 0 Å². The lowest BCUT2D eigenvalue weighted by molar-refractivity contribution is -0.384. The molecule has 34 heavy (non-hydrogen) atoms. The van der Waals surface area contributed by atoms with Crippen LogP contribution in [0.25, 0.3) is 11.3 Å². The van der Waals surface area contributed by atoms with Crippen LogP contribution in [0, 0.1) is 24.0 Å². The number of sulfonamides is 1. The summed E-state index contributed by atoms with van der Waals surface area (Å²) in [5.41, 5.74) is 3.76. The van der Waals surface area contributed by atoms with E-state index in [-0.39, 0.29) is 29.2 Å². The Morgan fingerprint density at radius 3 is 2.38 bits per heavy atom. The van der Waals surface area contributed by atoms with Gasteiger partial charge in [-0.15, -0.1) is 5.10 Å². The first kappa shape index (κ1) is 22.7. The van der Waals surface area contributed by atoms with Gasteiger partial charge in [-0.25, -0.2) is 13.1 Å². The second-order valence-electron chi connectivity index (χ2n) is 9.22. The largest absolute Gasteiger partial charge is 0.269 e. The average Bonchev–Trinajstić information content (AvgIpc) is 3.07. The lowest BCUT2D eigenvalue weighted by atomic mass is 9.98.